The van der Waals surface area contributed by atoms with Crippen molar-refractivity contribution in [1.29, 1.82) is 0 Å². The number of likely N-dealkylation sites (tertiary alicyclic amines) is 1. The number of carbonyl (C=O) groups excluding carboxylic acids is 1. The van der Waals surface area contributed by atoms with E-state index in [-0.39, 0.29) is 18.5 Å². The van der Waals surface area contributed by atoms with Gasteiger partial charge in [0.1, 0.15) is 12.4 Å². The Morgan fingerprint density at radius 2 is 2.19 bits per heavy atom. The van der Waals surface area contributed by atoms with Crippen molar-refractivity contribution >= 4 is 11.9 Å². The van der Waals surface area contributed by atoms with Crippen LogP contribution in [-0.2, 0) is 16.0 Å². The lowest BCUT2D eigenvalue weighted by atomic mass is 9.98. The molecule has 1 aromatic rings. The molecule has 146 valence electrons. The second-order valence-electron chi connectivity index (χ2n) is 6.40. The normalized spacial score (nSPS) is 17.1. The summed E-state index contributed by atoms with van der Waals surface area (Å²) in [6.45, 7) is 4.86. The summed E-state index contributed by atoms with van der Waals surface area (Å²) in [6.07, 6.45) is 7.89. The Morgan fingerprint density at radius 1 is 1.41 bits per heavy atom. The third-order valence-electron chi connectivity index (χ3n) is 4.49. The maximum Gasteiger partial charge on any atom is 0.310 e. The summed E-state index contributed by atoms with van der Waals surface area (Å²) >= 11 is 0. The van der Waals surface area contributed by atoms with Crippen molar-refractivity contribution in [2.75, 3.05) is 39.9 Å². The Kier molecular flexibility index (Phi) is 8.50. The highest BCUT2D eigenvalue weighted by molar-refractivity contribution is 5.81. The van der Waals surface area contributed by atoms with Crippen LogP contribution in [0.2, 0.25) is 0 Å². The van der Waals surface area contributed by atoms with Crippen LogP contribution in [0.3, 0.4) is 0 Å². The minimum Gasteiger partial charge on any atom is -0.481 e. The number of nitrogens with zero attached hydrogens (tertiary/aromatic N) is 2. The van der Waals surface area contributed by atoms with Crippen LogP contribution < -0.4 is 10.1 Å². The van der Waals surface area contributed by atoms with Gasteiger partial charge in [-0.1, -0.05) is 18.1 Å². The Morgan fingerprint density at radius 3 is 2.85 bits per heavy atom. The smallest absolute Gasteiger partial charge is 0.310 e. The molecule has 1 fully saturated rings. The SMILES string of the molecule is C#CCOc1ccc(CCNC(=NC)N2CCC[C@H](C(=O)OCC)C2)cc1. The summed E-state index contributed by atoms with van der Waals surface area (Å²) in [5.41, 5.74) is 1.20. The maximum atomic E-state index is 12.0. The summed E-state index contributed by atoms with van der Waals surface area (Å²) in [4.78, 5) is 18.5. The van der Waals surface area contributed by atoms with Gasteiger partial charge < -0.3 is 19.7 Å². The first-order valence-electron chi connectivity index (χ1n) is 9.45. The van der Waals surface area contributed by atoms with Gasteiger partial charge in [-0.3, -0.25) is 9.79 Å². The van der Waals surface area contributed by atoms with Crippen LogP contribution in [0.25, 0.3) is 0 Å². The first-order valence-corrected chi connectivity index (χ1v) is 9.45. The molecular weight excluding hydrogens is 342 g/mol. The molecule has 1 N–H and O–H groups in total. The first kappa shape index (κ1) is 20.6. The molecule has 0 unspecified atom stereocenters. The Labute approximate surface area is 161 Å². The van der Waals surface area contributed by atoms with E-state index in [4.69, 9.17) is 15.9 Å². The molecule has 0 saturated carbocycles. The monoisotopic (exact) mass is 371 g/mol. The van der Waals surface area contributed by atoms with E-state index < -0.39 is 0 Å². The summed E-state index contributed by atoms with van der Waals surface area (Å²) in [7, 11) is 1.77. The van der Waals surface area contributed by atoms with E-state index >= 15 is 0 Å². The largest absolute Gasteiger partial charge is 0.481 e. The van der Waals surface area contributed by atoms with Crippen LogP contribution in [0.15, 0.2) is 29.3 Å². The summed E-state index contributed by atoms with van der Waals surface area (Å²) < 4.78 is 10.6. The van der Waals surface area contributed by atoms with E-state index in [0.29, 0.717) is 13.2 Å². The van der Waals surface area contributed by atoms with E-state index in [1.807, 2.05) is 31.2 Å². The molecule has 1 aromatic carbocycles. The molecule has 0 aromatic heterocycles. The van der Waals surface area contributed by atoms with Gasteiger partial charge in [0.15, 0.2) is 5.96 Å². The topological polar surface area (TPSA) is 63.2 Å². The van der Waals surface area contributed by atoms with Crippen LogP contribution in [0.1, 0.15) is 25.3 Å². The first-order chi connectivity index (χ1) is 13.2. The van der Waals surface area contributed by atoms with Crippen molar-refractivity contribution in [1.82, 2.24) is 10.2 Å². The highest BCUT2D eigenvalue weighted by atomic mass is 16.5. The minimum absolute atomic E-state index is 0.0761. The number of esters is 1. The number of nitrogens with one attached hydrogen (secondary N) is 1. The fraction of sp³-hybridized carbons (Fsp3) is 0.524. The van der Waals surface area contributed by atoms with E-state index in [2.05, 4.69) is 21.1 Å². The van der Waals surface area contributed by atoms with E-state index in [0.717, 1.165) is 44.1 Å². The zero-order chi connectivity index (χ0) is 19.5. The molecule has 2 rings (SSSR count). The number of piperidine rings is 1. The zero-order valence-corrected chi connectivity index (χ0v) is 16.2. The zero-order valence-electron chi connectivity index (χ0n) is 16.2. The molecule has 1 aliphatic heterocycles. The molecule has 0 aliphatic carbocycles. The van der Waals surface area contributed by atoms with Gasteiger partial charge in [-0.2, -0.15) is 0 Å². The van der Waals surface area contributed by atoms with Crippen LogP contribution in [-0.4, -0.2) is 56.7 Å². The lowest BCUT2D eigenvalue weighted by molar-refractivity contribution is -0.149. The van der Waals surface area contributed by atoms with Crippen molar-refractivity contribution < 1.29 is 14.3 Å². The molecule has 1 heterocycles. The fourth-order valence-corrected chi connectivity index (χ4v) is 3.15. The molecular formula is C21H29N3O3. The quantitative estimate of drug-likeness (QED) is 0.344. The van der Waals surface area contributed by atoms with Crippen molar-refractivity contribution in [3.05, 3.63) is 29.8 Å². The van der Waals surface area contributed by atoms with Crippen molar-refractivity contribution in [2.45, 2.75) is 26.2 Å². The molecule has 0 amide bonds. The summed E-state index contributed by atoms with van der Waals surface area (Å²) in [5, 5.41) is 3.39. The van der Waals surface area contributed by atoms with Crippen molar-refractivity contribution in [3.63, 3.8) is 0 Å². The minimum atomic E-state index is -0.107. The molecule has 0 spiro atoms. The van der Waals surface area contributed by atoms with Gasteiger partial charge in [0.25, 0.3) is 0 Å². The molecule has 1 saturated heterocycles. The number of benzene rings is 1. The van der Waals surface area contributed by atoms with Crippen LogP contribution in [0, 0.1) is 18.3 Å². The number of aliphatic imine (C=N–C) groups is 1. The predicted molar refractivity (Wildman–Crippen MR) is 107 cm³/mol. The molecule has 0 bridgehead atoms. The third-order valence-corrected chi connectivity index (χ3v) is 4.49. The van der Waals surface area contributed by atoms with E-state index in [9.17, 15) is 4.79 Å². The Hall–Kier alpha value is -2.68. The number of carbonyl (C=O) groups is 1. The van der Waals surface area contributed by atoms with Gasteiger partial charge in [0.05, 0.1) is 12.5 Å². The van der Waals surface area contributed by atoms with Crippen molar-refractivity contribution in [2.24, 2.45) is 10.9 Å². The van der Waals surface area contributed by atoms with Gasteiger partial charge in [0, 0.05) is 26.7 Å². The van der Waals surface area contributed by atoms with Crippen LogP contribution in [0.5, 0.6) is 5.75 Å². The predicted octanol–water partition coefficient (Wildman–Crippen LogP) is 2.09. The molecule has 0 radical (unpaired) electrons. The standard InChI is InChI=1S/C21H29N3O3/c1-4-15-27-19-10-8-17(9-11-19)12-13-23-21(22-3)24-14-6-7-18(16-24)20(25)26-5-2/h1,8-11,18H,5-7,12-16H2,2-3H3,(H,22,23)/t18-/m0/s1. The third kappa shape index (κ3) is 6.52. The Balaban J connectivity index is 1.81. The Bertz CT molecular complexity index is 664. The van der Waals surface area contributed by atoms with Crippen LogP contribution in [0.4, 0.5) is 0 Å². The molecule has 27 heavy (non-hydrogen) atoms. The molecule has 6 nitrogen and oxygen atoms in total. The lowest BCUT2D eigenvalue weighted by Crippen LogP contribution is -2.48. The summed E-state index contributed by atoms with van der Waals surface area (Å²) in [6, 6.07) is 7.92. The number of guanidine groups is 1. The number of ether oxygens (including phenoxy) is 2. The molecule has 6 heteroatoms. The second kappa shape index (κ2) is 11.1. The van der Waals surface area contributed by atoms with E-state index in [1.165, 1.54) is 5.56 Å². The maximum absolute atomic E-state index is 12.0. The van der Waals surface area contributed by atoms with Crippen LogP contribution >= 0.6 is 0 Å². The number of rotatable bonds is 7. The highest BCUT2D eigenvalue weighted by Crippen LogP contribution is 2.18. The highest BCUT2D eigenvalue weighted by Gasteiger charge is 2.28. The molecule has 1 atom stereocenters. The average molecular weight is 371 g/mol. The number of hydrogen-bond acceptors (Lipinski definition) is 4. The van der Waals surface area contributed by atoms with Gasteiger partial charge in [-0.15, -0.1) is 6.42 Å². The van der Waals surface area contributed by atoms with Gasteiger partial charge in [0.2, 0.25) is 0 Å². The number of hydrogen-bond donors (Lipinski definition) is 1. The van der Waals surface area contributed by atoms with Crippen molar-refractivity contribution in [3.8, 4) is 18.1 Å². The number of terminal acetylenes is 1. The average Bonchev–Trinajstić information content (AvgIpc) is 2.71. The lowest BCUT2D eigenvalue weighted by Gasteiger charge is -2.34. The second-order valence-corrected chi connectivity index (χ2v) is 6.40. The summed E-state index contributed by atoms with van der Waals surface area (Å²) in [5.74, 6) is 3.88. The molecule has 1 aliphatic rings. The van der Waals surface area contributed by atoms with Gasteiger partial charge >= 0.3 is 5.97 Å². The van der Waals surface area contributed by atoms with Gasteiger partial charge in [-0.25, -0.2) is 0 Å². The van der Waals surface area contributed by atoms with E-state index in [1.54, 1.807) is 7.05 Å². The van der Waals surface area contributed by atoms with Gasteiger partial charge in [-0.05, 0) is 43.9 Å². The fourth-order valence-electron chi connectivity index (χ4n) is 3.15.